The molecule has 5 aromatic rings. The highest BCUT2D eigenvalue weighted by Gasteiger charge is 2.40. The predicted molar refractivity (Wildman–Crippen MR) is 159 cm³/mol. The number of aromatic nitrogens is 4. The van der Waals surface area contributed by atoms with Crippen molar-refractivity contribution >= 4 is 22.6 Å². The van der Waals surface area contributed by atoms with Crippen molar-refractivity contribution in [2.24, 2.45) is 18.4 Å². The lowest BCUT2D eigenvalue weighted by Crippen LogP contribution is -2.35. The van der Waals surface area contributed by atoms with E-state index in [4.69, 9.17) is 4.98 Å². The number of fused-ring (bicyclic) bond motifs is 1. The number of amides is 1. The third-order valence-corrected chi connectivity index (χ3v) is 7.83. The van der Waals surface area contributed by atoms with Crippen LogP contribution < -0.4 is 10.9 Å². The van der Waals surface area contributed by atoms with Crippen molar-refractivity contribution in [2.45, 2.75) is 33.6 Å². The van der Waals surface area contributed by atoms with Crippen molar-refractivity contribution in [2.75, 3.05) is 5.43 Å². The van der Waals surface area contributed by atoms with E-state index >= 15 is 0 Å². The van der Waals surface area contributed by atoms with Crippen molar-refractivity contribution < 1.29 is 9.18 Å². The lowest BCUT2D eigenvalue weighted by atomic mass is 9.59. The van der Waals surface area contributed by atoms with Crippen LogP contribution in [0.4, 0.5) is 10.2 Å². The highest BCUT2D eigenvalue weighted by atomic mass is 19.1. The number of hydrazine groups is 1. The number of hydrogen-bond donors (Lipinski definition) is 2. The van der Waals surface area contributed by atoms with Gasteiger partial charge in [-0.2, -0.15) is 0 Å². The van der Waals surface area contributed by atoms with Crippen LogP contribution in [0.15, 0.2) is 79.4 Å². The highest BCUT2D eigenvalue weighted by molar-refractivity contribution is 5.98. The summed E-state index contributed by atoms with van der Waals surface area (Å²) in [6, 6.07) is 18.8. The molecule has 3 heterocycles. The monoisotopic (exact) mass is 547 g/mol. The summed E-state index contributed by atoms with van der Waals surface area (Å²) in [5.41, 5.74) is 11.5. The molecular formula is C33H32FN6O. The highest BCUT2D eigenvalue weighted by Crippen LogP contribution is 2.51. The van der Waals surface area contributed by atoms with E-state index in [1.165, 1.54) is 30.0 Å². The second-order valence-corrected chi connectivity index (χ2v) is 11.7. The molecule has 1 radical (unpaired) electrons. The van der Waals surface area contributed by atoms with Gasteiger partial charge in [-0.05, 0) is 59.6 Å². The van der Waals surface area contributed by atoms with Gasteiger partial charge in [0, 0.05) is 41.9 Å². The Morgan fingerprint density at radius 3 is 2.32 bits per heavy atom. The normalized spacial score (nSPS) is 15.5. The van der Waals surface area contributed by atoms with Crippen LogP contribution in [0, 0.1) is 23.1 Å². The molecule has 3 aromatic heterocycles. The fourth-order valence-corrected chi connectivity index (χ4v) is 5.55. The van der Waals surface area contributed by atoms with Crippen molar-refractivity contribution in [3.63, 3.8) is 0 Å². The maximum Gasteiger partial charge on any atom is 0.289 e. The third kappa shape index (κ3) is 5.29. The summed E-state index contributed by atoms with van der Waals surface area (Å²) in [7, 11) is 1.80. The second-order valence-electron chi connectivity index (χ2n) is 11.7. The van der Waals surface area contributed by atoms with Crippen LogP contribution in [-0.2, 0) is 7.05 Å². The number of halogens is 1. The smallest absolute Gasteiger partial charge is 0.289 e. The van der Waals surface area contributed by atoms with Crippen LogP contribution in [0.25, 0.3) is 33.3 Å². The molecule has 207 valence electrons. The van der Waals surface area contributed by atoms with E-state index in [2.05, 4.69) is 65.9 Å². The van der Waals surface area contributed by atoms with Crippen LogP contribution >= 0.6 is 0 Å². The molecule has 1 saturated carbocycles. The molecule has 0 bridgehead atoms. The van der Waals surface area contributed by atoms with E-state index < -0.39 is 0 Å². The second kappa shape index (κ2) is 10.4. The third-order valence-electron chi connectivity index (χ3n) is 7.83. The number of anilines is 1. The predicted octanol–water partition coefficient (Wildman–Crippen LogP) is 6.97. The lowest BCUT2D eigenvalue weighted by Gasteiger charge is -2.45. The molecule has 41 heavy (non-hydrogen) atoms. The zero-order valence-electron chi connectivity index (χ0n) is 23.6. The summed E-state index contributed by atoms with van der Waals surface area (Å²) in [5, 5.41) is 0.714. The first kappa shape index (κ1) is 26.6. The van der Waals surface area contributed by atoms with E-state index in [0.717, 1.165) is 28.8 Å². The quantitative estimate of drug-likeness (QED) is 0.224. The molecule has 6 rings (SSSR count). The van der Waals surface area contributed by atoms with E-state index in [1.54, 1.807) is 42.5 Å². The Morgan fingerprint density at radius 2 is 1.68 bits per heavy atom. The van der Waals surface area contributed by atoms with E-state index in [-0.39, 0.29) is 22.8 Å². The molecular weight excluding hydrogens is 515 g/mol. The van der Waals surface area contributed by atoms with Crippen LogP contribution in [0.1, 0.15) is 49.7 Å². The topological polar surface area (TPSA) is 84.7 Å². The van der Waals surface area contributed by atoms with Crippen LogP contribution in [0.3, 0.4) is 0 Å². The maximum absolute atomic E-state index is 13.9. The fourth-order valence-electron chi connectivity index (χ4n) is 5.55. The number of nitrogens with one attached hydrogen (secondary N) is 2. The van der Waals surface area contributed by atoms with Crippen LogP contribution in [-0.4, -0.2) is 25.4 Å². The maximum atomic E-state index is 13.9. The largest absolute Gasteiger partial charge is 0.340 e. The minimum atomic E-state index is -0.383. The number of benzene rings is 2. The Bertz CT molecular complexity index is 1720. The molecule has 0 spiro atoms. The fraction of sp³-hybridized carbons (Fsp3) is 0.242. The van der Waals surface area contributed by atoms with Gasteiger partial charge in [0.25, 0.3) is 5.91 Å². The summed E-state index contributed by atoms with van der Waals surface area (Å²) >= 11 is 0. The van der Waals surface area contributed by atoms with Gasteiger partial charge in [0.15, 0.2) is 5.82 Å². The molecule has 2 N–H and O–H groups in total. The minimum absolute atomic E-state index is 0.249. The Kier molecular flexibility index (Phi) is 6.77. The molecule has 1 unspecified atom stereocenters. The number of imidazole rings is 1. The molecule has 1 atom stereocenters. The van der Waals surface area contributed by atoms with Gasteiger partial charge in [-0.1, -0.05) is 57.2 Å². The molecule has 1 fully saturated rings. The molecule has 0 aliphatic heterocycles. The summed E-state index contributed by atoms with van der Waals surface area (Å²) in [4.78, 5) is 26.2. The molecule has 1 amide bonds. The van der Waals surface area contributed by atoms with Crippen molar-refractivity contribution in [1.29, 1.82) is 0 Å². The van der Waals surface area contributed by atoms with Gasteiger partial charge in [-0.25, -0.2) is 19.3 Å². The Morgan fingerprint density at radius 1 is 0.976 bits per heavy atom. The molecule has 1 aliphatic carbocycles. The summed E-state index contributed by atoms with van der Waals surface area (Å²) in [6.07, 6.45) is 7.21. The summed E-state index contributed by atoms with van der Waals surface area (Å²) in [6.45, 7) is 6.92. The summed E-state index contributed by atoms with van der Waals surface area (Å²) in [5.74, 6) is 1.87. The van der Waals surface area contributed by atoms with E-state index in [9.17, 15) is 9.18 Å². The van der Waals surface area contributed by atoms with E-state index in [0.29, 0.717) is 22.6 Å². The summed E-state index contributed by atoms with van der Waals surface area (Å²) < 4.78 is 15.6. The number of rotatable bonds is 6. The standard InChI is InChI=1S/C33H32FN6O/c1-33(2,3)27-14-13-24(27)20-5-7-22(8-6-20)30-25(21-9-11-23(34)12-10-21)17-26-28(37-30)15-16-35-31(26)38-39-32(41)29-18-40(4)19-36-29/h5-12,15-19,27H,13-14H2,1-4H3,(H,35,38)(H,39,41). The Balaban J connectivity index is 1.38. The minimum Gasteiger partial charge on any atom is -0.340 e. The zero-order chi connectivity index (χ0) is 28.7. The lowest BCUT2D eigenvalue weighted by molar-refractivity contribution is 0.0958. The number of aryl methyl sites for hydroxylation is 1. The van der Waals surface area contributed by atoms with Gasteiger partial charge in [0.1, 0.15) is 11.5 Å². The SMILES string of the molecule is Cn1cnc(C(=O)NNc2nccc3nc(-c4ccc([C]5CCC5C(C)(C)C)cc4)c(-c4ccc(F)cc4)cc23)c1. The molecule has 2 aromatic carbocycles. The average Bonchev–Trinajstić information content (AvgIpc) is 3.36. The molecule has 1 aliphatic rings. The molecule has 0 saturated heterocycles. The number of hydrogen-bond acceptors (Lipinski definition) is 5. The Hall–Kier alpha value is -4.59. The molecule has 7 nitrogen and oxygen atoms in total. The van der Waals surface area contributed by atoms with Crippen molar-refractivity contribution in [1.82, 2.24) is 24.9 Å². The van der Waals surface area contributed by atoms with Crippen molar-refractivity contribution in [3.05, 3.63) is 102 Å². The van der Waals surface area contributed by atoms with Crippen LogP contribution in [0.2, 0.25) is 0 Å². The van der Waals surface area contributed by atoms with E-state index in [1.807, 2.05) is 12.1 Å². The van der Waals surface area contributed by atoms with Crippen molar-refractivity contribution in [3.8, 4) is 22.4 Å². The number of carbonyl (C=O) groups is 1. The first-order valence-electron chi connectivity index (χ1n) is 13.7. The number of carbonyl (C=O) groups excluding carboxylic acids is 1. The zero-order valence-corrected chi connectivity index (χ0v) is 23.6. The van der Waals surface area contributed by atoms with Gasteiger partial charge in [-0.15, -0.1) is 0 Å². The van der Waals surface area contributed by atoms with Crippen LogP contribution in [0.5, 0.6) is 0 Å². The van der Waals surface area contributed by atoms with Gasteiger partial charge in [0.2, 0.25) is 0 Å². The van der Waals surface area contributed by atoms with Gasteiger partial charge >= 0.3 is 0 Å². The first-order valence-corrected chi connectivity index (χ1v) is 13.7. The first-order chi connectivity index (χ1) is 19.7. The molecule has 8 heteroatoms. The number of nitrogens with zero attached hydrogens (tertiary/aromatic N) is 4. The van der Waals surface area contributed by atoms with Gasteiger partial charge < -0.3 is 4.57 Å². The number of pyridine rings is 2. The van der Waals surface area contributed by atoms with Gasteiger partial charge in [0.05, 0.1) is 17.5 Å². The van der Waals surface area contributed by atoms with Gasteiger partial charge in [-0.3, -0.25) is 15.6 Å². The average molecular weight is 548 g/mol. The Labute approximate surface area is 238 Å².